The van der Waals surface area contributed by atoms with E-state index in [1.807, 2.05) is 0 Å². The van der Waals surface area contributed by atoms with Gasteiger partial charge in [-0.3, -0.25) is 0 Å². The van der Waals surface area contributed by atoms with Gasteiger partial charge in [-0.1, -0.05) is 39.5 Å². The maximum absolute atomic E-state index is 10.9. The SMILES string of the molecule is CCCCCOc1c(C)c(C)c(OC(=O)O)c(O)c1OCCCCC. The highest BCUT2D eigenvalue weighted by atomic mass is 16.7. The van der Waals surface area contributed by atoms with Crippen LogP contribution in [0.3, 0.4) is 0 Å². The molecule has 6 heteroatoms. The molecular formula is C19H30O6. The lowest BCUT2D eigenvalue weighted by atomic mass is 10.1. The van der Waals surface area contributed by atoms with E-state index < -0.39 is 6.16 Å². The topological polar surface area (TPSA) is 85.2 Å². The Balaban J connectivity index is 3.14. The fourth-order valence-corrected chi connectivity index (χ4v) is 2.47. The first-order valence-corrected chi connectivity index (χ1v) is 8.96. The van der Waals surface area contributed by atoms with Gasteiger partial charge in [-0.05, 0) is 26.7 Å². The second-order valence-electron chi connectivity index (χ2n) is 6.07. The van der Waals surface area contributed by atoms with E-state index in [0.717, 1.165) is 38.5 Å². The predicted octanol–water partition coefficient (Wildman–Crippen LogP) is 5.20. The van der Waals surface area contributed by atoms with Gasteiger partial charge in [0.25, 0.3) is 0 Å². The summed E-state index contributed by atoms with van der Waals surface area (Å²) in [5.74, 6) is 0.191. The van der Waals surface area contributed by atoms with E-state index in [2.05, 4.69) is 13.8 Å². The molecular weight excluding hydrogens is 324 g/mol. The van der Waals surface area contributed by atoms with Gasteiger partial charge in [-0.25, -0.2) is 4.79 Å². The molecule has 0 spiro atoms. The van der Waals surface area contributed by atoms with Crippen LogP contribution in [0.5, 0.6) is 23.0 Å². The lowest BCUT2D eigenvalue weighted by Crippen LogP contribution is -2.09. The predicted molar refractivity (Wildman–Crippen MR) is 96.3 cm³/mol. The van der Waals surface area contributed by atoms with E-state index in [4.69, 9.17) is 19.3 Å². The second-order valence-corrected chi connectivity index (χ2v) is 6.07. The molecule has 0 heterocycles. The quantitative estimate of drug-likeness (QED) is 0.322. The molecule has 1 rings (SSSR count). The summed E-state index contributed by atoms with van der Waals surface area (Å²) in [4.78, 5) is 10.9. The van der Waals surface area contributed by atoms with Crippen LogP contribution in [0.4, 0.5) is 4.79 Å². The van der Waals surface area contributed by atoms with Crippen molar-refractivity contribution in [3.8, 4) is 23.0 Å². The average molecular weight is 354 g/mol. The van der Waals surface area contributed by atoms with Crippen molar-refractivity contribution in [2.75, 3.05) is 13.2 Å². The smallest absolute Gasteiger partial charge is 0.502 e. The summed E-state index contributed by atoms with van der Waals surface area (Å²) in [6.07, 6.45) is 4.46. The van der Waals surface area contributed by atoms with E-state index in [1.54, 1.807) is 13.8 Å². The number of ether oxygens (including phenoxy) is 3. The highest BCUT2D eigenvalue weighted by Crippen LogP contribution is 2.49. The molecule has 0 fully saturated rings. The summed E-state index contributed by atoms with van der Waals surface area (Å²) in [6.45, 7) is 8.63. The molecule has 0 aliphatic carbocycles. The number of phenolic OH excluding ortho intramolecular Hbond substituents is 1. The van der Waals surface area contributed by atoms with Crippen molar-refractivity contribution < 1.29 is 29.2 Å². The zero-order valence-corrected chi connectivity index (χ0v) is 15.7. The largest absolute Gasteiger partial charge is 0.511 e. The zero-order valence-electron chi connectivity index (χ0n) is 15.7. The van der Waals surface area contributed by atoms with Crippen LogP contribution in [0.15, 0.2) is 0 Å². The molecule has 142 valence electrons. The molecule has 0 unspecified atom stereocenters. The van der Waals surface area contributed by atoms with Crippen LogP contribution in [0.2, 0.25) is 0 Å². The van der Waals surface area contributed by atoms with E-state index >= 15 is 0 Å². The summed E-state index contributed by atoms with van der Waals surface area (Å²) >= 11 is 0. The highest BCUT2D eigenvalue weighted by molar-refractivity contribution is 5.71. The van der Waals surface area contributed by atoms with Crippen LogP contribution < -0.4 is 14.2 Å². The molecule has 0 radical (unpaired) electrons. The third-order valence-electron chi connectivity index (χ3n) is 4.06. The van der Waals surface area contributed by atoms with E-state index in [0.29, 0.717) is 30.1 Å². The van der Waals surface area contributed by atoms with Crippen molar-refractivity contribution in [1.29, 1.82) is 0 Å². The van der Waals surface area contributed by atoms with Crippen LogP contribution in [0.25, 0.3) is 0 Å². The number of hydrogen-bond acceptors (Lipinski definition) is 5. The van der Waals surface area contributed by atoms with Crippen molar-refractivity contribution in [2.24, 2.45) is 0 Å². The first kappa shape index (κ1) is 20.9. The molecule has 0 saturated carbocycles. The highest BCUT2D eigenvalue weighted by Gasteiger charge is 2.25. The normalized spacial score (nSPS) is 10.6. The molecule has 0 bridgehead atoms. The van der Waals surface area contributed by atoms with Gasteiger partial charge in [0.15, 0.2) is 11.5 Å². The molecule has 1 aromatic carbocycles. The van der Waals surface area contributed by atoms with Gasteiger partial charge in [0.1, 0.15) is 0 Å². The summed E-state index contributed by atoms with van der Waals surface area (Å²) < 4.78 is 16.4. The van der Waals surface area contributed by atoms with E-state index in [9.17, 15) is 9.90 Å². The van der Waals surface area contributed by atoms with Gasteiger partial charge < -0.3 is 24.4 Å². The van der Waals surface area contributed by atoms with Crippen LogP contribution in [-0.2, 0) is 0 Å². The zero-order chi connectivity index (χ0) is 18.8. The van der Waals surface area contributed by atoms with Gasteiger partial charge >= 0.3 is 6.16 Å². The number of aromatic hydroxyl groups is 1. The minimum Gasteiger partial charge on any atom is -0.502 e. The minimum atomic E-state index is -1.48. The van der Waals surface area contributed by atoms with Gasteiger partial charge in [-0.2, -0.15) is 0 Å². The van der Waals surface area contributed by atoms with Gasteiger partial charge in [-0.15, -0.1) is 0 Å². The molecule has 0 amide bonds. The van der Waals surface area contributed by atoms with Crippen molar-refractivity contribution in [1.82, 2.24) is 0 Å². The van der Waals surface area contributed by atoms with Gasteiger partial charge in [0.2, 0.25) is 11.5 Å². The summed E-state index contributed by atoms with van der Waals surface area (Å²) in [5.41, 5.74) is 1.22. The summed E-state index contributed by atoms with van der Waals surface area (Å²) in [5, 5.41) is 19.4. The fourth-order valence-electron chi connectivity index (χ4n) is 2.47. The Labute approximate surface area is 149 Å². The Morgan fingerprint density at radius 2 is 1.32 bits per heavy atom. The van der Waals surface area contributed by atoms with Crippen LogP contribution in [0.1, 0.15) is 63.5 Å². The number of rotatable bonds is 11. The van der Waals surface area contributed by atoms with Crippen molar-refractivity contribution in [3.05, 3.63) is 11.1 Å². The molecule has 0 atom stereocenters. The molecule has 0 aliphatic rings. The van der Waals surface area contributed by atoms with E-state index in [1.165, 1.54) is 0 Å². The lowest BCUT2D eigenvalue weighted by molar-refractivity contribution is 0.141. The van der Waals surface area contributed by atoms with Crippen molar-refractivity contribution >= 4 is 6.16 Å². The average Bonchev–Trinajstić information content (AvgIpc) is 2.58. The number of hydrogen-bond donors (Lipinski definition) is 2. The second kappa shape index (κ2) is 10.7. The molecule has 6 nitrogen and oxygen atoms in total. The Morgan fingerprint density at radius 3 is 1.80 bits per heavy atom. The number of carboxylic acid groups (broad SMARTS) is 1. The van der Waals surface area contributed by atoms with Gasteiger partial charge in [0, 0.05) is 11.1 Å². The number of benzene rings is 1. The van der Waals surface area contributed by atoms with Crippen LogP contribution in [-0.4, -0.2) is 29.6 Å². The number of phenols is 1. The van der Waals surface area contributed by atoms with Crippen molar-refractivity contribution in [3.63, 3.8) is 0 Å². The van der Waals surface area contributed by atoms with Crippen LogP contribution >= 0.6 is 0 Å². The molecule has 1 aromatic rings. The fraction of sp³-hybridized carbons (Fsp3) is 0.632. The summed E-state index contributed by atoms with van der Waals surface area (Å²) in [7, 11) is 0. The van der Waals surface area contributed by atoms with E-state index in [-0.39, 0.29) is 17.2 Å². The first-order valence-electron chi connectivity index (χ1n) is 8.96. The maximum atomic E-state index is 10.9. The Morgan fingerprint density at radius 1 is 0.840 bits per heavy atom. The third-order valence-corrected chi connectivity index (χ3v) is 4.06. The molecule has 2 N–H and O–H groups in total. The Bertz CT molecular complexity index is 568. The molecule has 0 aromatic heterocycles. The standard InChI is InChI=1S/C19H30O6/c1-5-7-9-11-23-17-14(4)13(3)16(25-19(21)22)15(20)18(17)24-12-10-8-6-2/h20H,5-12H2,1-4H3,(H,21,22). The van der Waals surface area contributed by atoms with Crippen LogP contribution in [0, 0.1) is 13.8 Å². The number of unbranched alkanes of at least 4 members (excludes halogenated alkanes) is 4. The Hall–Kier alpha value is -2.11. The Kier molecular flexibility index (Phi) is 8.95. The van der Waals surface area contributed by atoms with Crippen molar-refractivity contribution in [2.45, 2.75) is 66.2 Å². The molecule has 0 aliphatic heterocycles. The third kappa shape index (κ3) is 6.03. The molecule has 25 heavy (non-hydrogen) atoms. The maximum Gasteiger partial charge on any atom is 0.511 e. The van der Waals surface area contributed by atoms with Gasteiger partial charge in [0.05, 0.1) is 13.2 Å². The first-order chi connectivity index (χ1) is 11.9. The monoisotopic (exact) mass is 354 g/mol. The lowest BCUT2D eigenvalue weighted by Gasteiger charge is -2.20. The minimum absolute atomic E-state index is 0.101. The molecule has 0 saturated heterocycles. The summed E-state index contributed by atoms with van der Waals surface area (Å²) in [6, 6.07) is 0. The number of carbonyl (C=O) groups is 1.